The molecule has 0 saturated carbocycles. The van der Waals surface area contributed by atoms with Gasteiger partial charge in [-0.15, -0.1) is 0 Å². The molecule has 0 aliphatic heterocycles. The van der Waals surface area contributed by atoms with Crippen LogP contribution in [0.4, 0.5) is 11.6 Å². The highest BCUT2D eigenvalue weighted by molar-refractivity contribution is 7.89. The molecule has 0 aromatic carbocycles. The Labute approximate surface area is 123 Å². The molecule has 19 heavy (non-hydrogen) atoms. The van der Waals surface area contributed by atoms with Gasteiger partial charge >= 0.3 is 0 Å². The number of halogens is 2. The number of nitrogens with one attached hydrogen (secondary N) is 2. The zero-order chi connectivity index (χ0) is 14.6. The topological polar surface area (TPSA) is 74.3 Å². The minimum atomic E-state index is -3.25. The molecule has 0 radical (unpaired) electrons. The summed E-state index contributed by atoms with van der Waals surface area (Å²) in [5.41, 5.74) is 0. The Hall–Kier alpha value is -0.760. The summed E-state index contributed by atoms with van der Waals surface area (Å²) in [6.07, 6.45) is 0. The van der Waals surface area contributed by atoms with Crippen molar-refractivity contribution >= 4 is 44.9 Å². The molecule has 0 bridgehead atoms. The third kappa shape index (κ3) is 4.38. The third-order valence-corrected chi connectivity index (χ3v) is 4.78. The Bertz CT molecular complexity index is 549. The van der Waals surface area contributed by atoms with Crippen LogP contribution in [0.25, 0.3) is 0 Å². The van der Waals surface area contributed by atoms with E-state index in [1.54, 1.807) is 13.1 Å². The molecular weight excluding hydrogens is 311 g/mol. The van der Waals surface area contributed by atoms with E-state index in [2.05, 4.69) is 15.6 Å². The molecule has 1 aromatic heterocycles. The van der Waals surface area contributed by atoms with Crippen LogP contribution in [0.2, 0.25) is 10.0 Å². The molecular formula is C10H16Cl2N4O2S. The van der Waals surface area contributed by atoms with Crippen molar-refractivity contribution in [2.45, 2.75) is 0 Å². The summed E-state index contributed by atoms with van der Waals surface area (Å²) in [7, 11) is 1.41. The van der Waals surface area contributed by atoms with Gasteiger partial charge in [-0.1, -0.05) is 23.2 Å². The van der Waals surface area contributed by atoms with Crippen LogP contribution in [-0.2, 0) is 10.0 Å². The van der Waals surface area contributed by atoms with Crippen molar-refractivity contribution in [2.75, 3.05) is 44.1 Å². The molecule has 1 rings (SSSR count). The van der Waals surface area contributed by atoms with Gasteiger partial charge < -0.3 is 10.6 Å². The Morgan fingerprint density at radius 3 is 2.37 bits per heavy atom. The van der Waals surface area contributed by atoms with E-state index < -0.39 is 10.0 Å². The predicted molar refractivity (Wildman–Crippen MR) is 79.8 cm³/mol. The molecule has 108 valence electrons. The van der Waals surface area contributed by atoms with Crippen LogP contribution in [0.15, 0.2) is 6.07 Å². The van der Waals surface area contributed by atoms with Gasteiger partial charge in [0, 0.05) is 27.7 Å². The van der Waals surface area contributed by atoms with Crippen molar-refractivity contribution in [1.29, 1.82) is 0 Å². The Kier molecular flexibility index (Phi) is 5.66. The lowest BCUT2D eigenvalue weighted by molar-refractivity contribution is 0.521. The number of nitrogens with zero attached hydrogens (tertiary/aromatic N) is 2. The maximum absolute atomic E-state index is 11.6. The standard InChI is InChI=1S/C10H16Cl2N4O2S/c1-13-9-7(11)6-8(12)10(15-9)14-4-5-19(17,18)16(2)3/h6H,4-5H2,1-3H3,(H2,13,14,15). The lowest BCUT2D eigenvalue weighted by Crippen LogP contribution is -2.28. The first-order valence-electron chi connectivity index (χ1n) is 5.46. The highest BCUT2D eigenvalue weighted by Crippen LogP contribution is 2.28. The molecule has 1 heterocycles. The molecule has 0 atom stereocenters. The fraction of sp³-hybridized carbons (Fsp3) is 0.500. The molecule has 0 saturated heterocycles. The fourth-order valence-electron chi connectivity index (χ4n) is 1.25. The summed E-state index contributed by atoms with van der Waals surface area (Å²) < 4.78 is 24.3. The molecule has 6 nitrogen and oxygen atoms in total. The number of hydrogen-bond donors (Lipinski definition) is 2. The zero-order valence-corrected chi connectivity index (χ0v) is 13.2. The van der Waals surface area contributed by atoms with E-state index >= 15 is 0 Å². The lowest BCUT2D eigenvalue weighted by atomic mass is 10.4. The van der Waals surface area contributed by atoms with E-state index in [4.69, 9.17) is 23.2 Å². The van der Waals surface area contributed by atoms with Crippen LogP contribution in [-0.4, -0.2) is 51.1 Å². The molecule has 0 fully saturated rings. The van der Waals surface area contributed by atoms with Crippen LogP contribution in [0.5, 0.6) is 0 Å². The monoisotopic (exact) mass is 326 g/mol. The van der Waals surface area contributed by atoms with Gasteiger partial charge in [0.25, 0.3) is 0 Å². The minimum absolute atomic E-state index is 0.0461. The van der Waals surface area contributed by atoms with E-state index in [0.29, 0.717) is 21.7 Å². The van der Waals surface area contributed by atoms with Crippen molar-refractivity contribution in [2.24, 2.45) is 0 Å². The zero-order valence-electron chi connectivity index (χ0n) is 10.9. The van der Waals surface area contributed by atoms with Crippen LogP contribution in [0.3, 0.4) is 0 Å². The van der Waals surface area contributed by atoms with Crippen molar-refractivity contribution in [3.8, 4) is 0 Å². The average Bonchev–Trinajstić information content (AvgIpc) is 2.31. The number of aromatic nitrogens is 1. The van der Waals surface area contributed by atoms with Crippen LogP contribution < -0.4 is 10.6 Å². The highest BCUT2D eigenvalue weighted by atomic mass is 35.5. The van der Waals surface area contributed by atoms with Gasteiger partial charge in [-0.25, -0.2) is 17.7 Å². The van der Waals surface area contributed by atoms with E-state index in [1.807, 2.05) is 0 Å². The minimum Gasteiger partial charge on any atom is -0.372 e. The Morgan fingerprint density at radius 1 is 1.26 bits per heavy atom. The van der Waals surface area contributed by atoms with Gasteiger partial charge in [0.2, 0.25) is 10.0 Å². The van der Waals surface area contributed by atoms with Crippen molar-refractivity contribution in [1.82, 2.24) is 9.29 Å². The van der Waals surface area contributed by atoms with E-state index in [1.165, 1.54) is 18.4 Å². The maximum atomic E-state index is 11.6. The first-order chi connectivity index (χ1) is 8.77. The molecule has 0 spiro atoms. The lowest BCUT2D eigenvalue weighted by Gasteiger charge is -2.13. The van der Waals surface area contributed by atoms with Crippen molar-refractivity contribution in [3.05, 3.63) is 16.1 Å². The summed E-state index contributed by atoms with van der Waals surface area (Å²) in [4.78, 5) is 4.16. The molecule has 2 N–H and O–H groups in total. The second-order valence-electron chi connectivity index (χ2n) is 3.92. The van der Waals surface area contributed by atoms with Crippen LogP contribution in [0.1, 0.15) is 0 Å². The molecule has 0 amide bonds. The van der Waals surface area contributed by atoms with Gasteiger partial charge in [-0.3, -0.25) is 0 Å². The van der Waals surface area contributed by atoms with Gasteiger partial charge in [0.1, 0.15) is 11.6 Å². The Morgan fingerprint density at radius 2 is 1.84 bits per heavy atom. The van der Waals surface area contributed by atoms with Gasteiger partial charge in [0.15, 0.2) is 0 Å². The number of sulfonamides is 1. The van der Waals surface area contributed by atoms with E-state index in [0.717, 1.165) is 0 Å². The first kappa shape index (κ1) is 16.3. The predicted octanol–water partition coefficient (Wildman–Crippen LogP) is 1.73. The number of pyridine rings is 1. The smallest absolute Gasteiger partial charge is 0.215 e. The summed E-state index contributed by atoms with van der Waals surface area (Å²) in [5.74, 6) is 0.823. The second-order valence-corrected chi connectivity index (χ2v) is 7.04. The second kappa shape index (κ2) is 6.60. The molecule has 0 unspecified atom stereocenters. The van der Waals surface area contributed by atoms with Crippen molar-refractivity contribution in [3.63, 3.8) is 0 Å². The molecule has 1 aromatic rings. The van der Waals surface area contributed by atoms with Gasteiger partial charge in [-0.2, -0.15) is 0 Å². The van der Waals surface area contributed by atoms with Crippen molar-refractivity contribution < 1.29 is 8.42 Å². The maximum Gasteiger partial charge on any atom is 0.215 e. The third-order valence-electron chi connectivity index (χ3n) is 2.38. The first-order valence-corrected chi connectivity index (χ1v) is 7.82. The summed E-state index contributed by atoms with van der Waals surface area (Å²) in [6.45, 7) is 0.206. The summed E-state index contributed by atoms with van der Waals surface area (Å²) in [6, 6.07) is 1.55. The molecule has 0 aliphatic carbocycles. The van der Waals surface area contributed by atoms with E-state index in [9.17, 15) is 8.42 Å². The normalized spacial score (nSPS) is 11.7. The Balaban J connectivity index is 2.74. The average molecular weight is 327 g/mol. The largest absolute Gasteiger partial charge is 0.372 e. The SMILES string of the molecule is CNc1nc(NCCS(=O)(=O)N(C)C)c(Cl)cc1Cl. The van der Waals surface area contributed by atoms with E-state index in [-0.39, 0.29) is 12.3 Å². The number of rotatable bonds is 6. The highest BCUT2D eigenvalue weighted by Gasteiger charge is 2.14. The molecule has 9 heteroatoms. The van der Waals surface area contributed by atoms with Crippen LogP contribution in [0, 0.1) is 0 Å². The summed E-state index contributed by atoms with van der Waals surface area (Å²) in [5, 5.41) is 6.44. The fourth-order valence-corrected chi connectivity index (χ4v) is 2.49. The quantitative estimate of drug-likeness (QED) is 0.832. The molecule has 0 aliphatic rings. The summed E-state index contributed by atoms with van der Waals surface area (Å²) >= 11 is 11.9. The van der Waals surface area contributed by atoms with Crippen LogP contribution >= 0.6 is 23.2 Å². The van der Waals surface area contributed by atoms with Gasteiger partial charge in [-0.05, 0) is 6.07 Å². The number of hydrogen-bond acceptors (Lipinski definition) is 5. The van der Waals surface area contributed by atoms with Gasteiger partial charge in [0.05, 0.1) is 15.8 Å². The number of anilines is 2.